The number of carbonyl (C=O) groups excluding carboxylic acids is 1. The number of aromatic nitrogens is 3. The predicted molar refractivity (Wildman–Crippen MR) is 108 cm³/mol. The Hall–Kier alpha value is -3.06. The van der Waals surface area contributed by atoms with Crippen LogP contribution < -0.4 is 10.9 Å². The van der Waals surface area contributed by atoms with E-state index in [1.807, 2.05) is 44.2 Å². The molecule has 0 saturated heterocycles. The molecule has 0 spiro atoms. The topological polar surface area (TPSA) is 76.9 Å². The van der Waals surface area contributed by atoms with Crippen molar-refractivity contribution in [1.29, 1.82) is 0 Å². The number of nitrogens with one attached hydrogen (secondary N) is 1. The fourth-order valence-corrected chi connectivity index (χ4v) is 3.46. The Bertz CT molecular complexity index is 1020. The summed E-state index contributed by atoms with van der Waals surface area (Å²) in [5.74, 6) is -0.211. The molecular formula is C20H20N4O2S. The number of amides is 1. The molecule has 3 aromatic rings. The Labute approximate surface area is 161 Å². The fraction of sp³-hybridized carbons (Fsp3) is 0.200. The smallest absolute Gasteiger partial charge is 0.266 e. The first-order valence-corrected chi connectivity index (χ1v) is 9.38. The molecule has 27 heavy (non-hydrogen) atoms. The van der Waals surface area contributed by atoms with Crippen molar-refractivity contribution in [2.24, 2.45) is 0 Å². The average Bonchev–Trinajstić information content (AvgIpc) is 3.00. The number of thiazole rings is 1. The zero-order chi connectivity index (χ0) is 19.2. The van der Waals surface area contributed by atoms with Crippen LogP contribution in [-0.2, 0) is 11.3 Å². The van der Waals surface area contributed by atoms with Gasteiger partial charge in [-0.2, -0.15) is 5.10 Å². The second-order valence-corrected chi connectivity index (χ2v) is 7.17. The molecule has 0 aliphatic carbocycles. The number of rotatable bonds is 6. The van der Waals surface area contributed by atoms with Gasteiger partial charge >= 0.3 is 0 Å². The lowest BCUT2D eigenvalue weighted by Gasteiger charge is -2.07. The molecule has 7 heteroatoms. The number of nitrogens with zero attached hydrogens (tertiary/aromatic N) is 3. The largest absolute Gasteiger partial charge is 0.351 e. The molecule has 0 aliphatic rings. The van der Waals surface area contributed by atoms with Crippen molar-refractivity contribution < 1.29 is 4.79 Å². The summed E-state index contributed by atoms with van der Waals surface area (Å²) >= 11 is 1.55. The summed E-state index contributed by atoms with van der Waals surface area (Å²) in [7, 11) is 0. The third-order valence-corrected chi connectivity index (χ3v) is 4.95. The van der Waals surface area contributed by atoms with Crippen molar-refractivity contribution in [3.63, 3.8) is 0 Å². The van der Waals surface area contributed by atoms with Crippen LogP contribution in [0.15, 0.2) is 53.3 Å². The lowest BCUT2D eigenvalue weighted by Crippen LogP contribution is -2.31. The van der Waals surface area contributed by atoms with Gasteiger partial charge in [0.2, 0.25) is 5.91 Å². The standard InChI is InChI=1S/C20H20N4O2S/c1-14-20(27-15(2)22-14)17-9-11-19(26)24(23-17)13-12-21-18(25)10-8-16-6-4-3-5-7-16/h3-11H,12-13H2,1-2H3,(H,21,25). The van der Waals surface area contributed by atoms with Gasteiger partial charge in [0.1, 0.15) is 5.69 Å². The van der Waals surface area contributed by atoms with Gasteiger partial charge in [-0.05, 0) is 31.6 Å². The molecule has 1 aromatic carbocycles. The molecule has 1 amide bonds. The van der Waals surface area contributed by atoms with E-state index >= 15 is 0 Å². The molecule has 0 radical (unpaired) electrons. The first-order chi connectivity index (χ1) is 13.0. The fourth-order valence-electron chi connectivity index (χ4n) is 2.58. The summed E-state index contributed by atoms with van der Waals surface area (Å²) < 4.78 is 1.37. The summed E-state index contributed by atoms with van der Waals surface area (Å²) in [6.07, 6.45) is 3.22. The predicted octanol–water partition coefficient (Wildman–Crippen LogP) is 2.81. The van der Waals surface area contributed by atoms with Crippen LogP contribution in [0.3, 0.4) is 0 Å². The molecule has 0 atom stereocenters. The van der Waals surface area contributed by atoms with Crippen LogP contribution in [0.1, 0.15) is 16.3 Å². The van der Waals surface area contributed by atoms with Gasteiger partial charge in [-0.3, -0.25) is 9.59 Å². The van der Waals surface area contributed by atoms with Crippen molar-refractivity contribution in [1.82, 2.24) is 20.1 Å². The summed E-state index contributed by atoms with van der Waals surface area (Å²) in [4.78, 5) is 29.3. The summed E-state index contributed by atoms with van der Waals surface area (Å²) in [6.45, 7) is 4.48. The van der Waals surface area contributed by atoms with Crippen LogP contribution in [0.4, 0.5) is 0 Å². The van der Waals surface area contributed by atoms with E-state index in [-0.39, 0.29) is 11.5 Å². The molecule has 0 aliphatic heterocycles. The molecule has 138 valence electrons. The van der Waals surface area contributed by atoms with Crippen molar-refractivity contribution in [3.8, 4) is 10.6 Å². The van der Waals surface area contributed by atoms with E-state index < -0.39 is 0 Å². The molecule has 0 unspecified atom stereocenters. The van der Waals surface area contributed by atoms with Gasteiger partial charge in [0, 0.05) is 18.7 Å². The number of hydrogen-bond donors (Lipinski definition) is 1. The molecule has 0 fully saturated rings. The van der Waals surface area contributed by atoms with Crippen molar-refractivity contribution >= 4 is 23.3 Å². The summed E-state index contributed by atoms with van der Waals surface area (Å²) in [6, 6.07) is 12.8. The first-order valence-electron chi connectivity index (χ1n) is 8.56. The highest BCUT2D eigenvalue weighted by atomic mass is 32.1. The van der Waals surface area contributed by atoms with Crippen LogP contribution in [0, 0.1) is 13.8 Å². The van der Waals surface area contributed by atoms with Crippen molar-refractivity contribution in [3.05, 3.63) is 75.2 Å². The zero-order valence-electron chi connectivity index (χ0n) is 15.2. The van der Waals surface area contributed by atoms with E-state index in [4.69, 9.17) is 0 Å². The van der Waals surface area contributed by atoms with Gasteiger partial charge in [0.15, 0.2) is 0 Å². The highest BCUT2D eigenvalue weighted by molar-refractivity contribution is 7.15. The highest BCUT2D eigenvalue weighted by Gasteiger charge is 2.10. The van der Waals surface area contributed by atoms with E-state index in [0.29, 0.717) is 18.8 Å². The van der Waals surface area contributed by atoms with Gasteiger partial charge in [-0.25, -0.2) is 9.67 Å². The molecule has 2 aromatic heterocycles. The van der Waals surface area contributed by atoms with Gasteiger partial charge in [0.05, 0.1) is 22.1 Å². The second kappa shape index (κ2) is 8.55. The Morgan fingerprint density at radius 1 is 1.19 bits per heavy atom. The Morgan fingerprint density at radius 2 is 1.96 bits per heavy atom. The maximum atomic E-state index is 12.0. The quantitative estimate of drug-likeness (QED) is 0.667. The average molecular weight is 380 g/mol. The molecular weight excluding hydrogens is 360 g/mol. The minimum Gasteiger partial charge on any atom is -0.351 e. The van der Waals surface area contributed by atoms with Gasteiger partial charge in [-0.1, -0.05) is 30.3 Å². The molecule has 0 saturated carbocycles. The molecule has 3 rings (SSSR count). The van der Waals surface area contributed by atoms with Crippen LogP contribution in [0.25, 0.3) is 16.6 Å². The summed E-state index contributed by atoms with van der Waals surface area (Å²) in [5, 5.41) is 8.14. The normalized spacial score (nSPS) is 11.0. The van der Waals surface area contributed by atoms with Crippen LogP contribution in [-0.4, -0.2) is 27.2 Å². The minimum atomic E-state index is -0.211. The first kappa shape index (κ1) is 18.7. The van der Waals surface area contributed by atoms with E-state index in [9.17, 15) is 9.59 Å². The number of aryl methyl sites for hydroxylation is 2. The molecule has 1 N–H and O–H groups in total. The van der Waals surface area contributed by atoms with Crippen LogP contribution >= 0.6 is 11.3 Å². The third kappa shape index (κ3) is 4.98. The highest BCUT2D eigenvalue weighted by Crippen LogP contribution is 2.27. The minimum absolute atomic E-state index is 0.202. The second-order valence-electron chi connectivity index (χ2n) is 5.96. The molecule has 6 nitrogen and oxygen atoms in total. The number of hydrogen-bond acceptors (Lipinski definition) is 5. The number of carbonyl (C=O) groups is 1. The lowest BCUT2D eigenvalue weighted by atomic mass is 10.2. The number of benzene rings is 1. The maximum absolute atomic E-state index is 12.0. The third-order valence-electron chi connectivity index (χ3n) is 3.85. The lowest BCUT2D eigenvalue weighted by molar-refractivity contribution is -0.116. The monoisotopic (exact) mass is 380 g/mol. The Balaban J connectivity index is 1.62. The van der Waals surface area contributed by atoms with E-state index in [1.54, 1.807) is 23.5 Å². The van der Waals surface area contributed by atoms with Crippen LogP contribution in [0.5, 0.6) is 0 Å². The van der Waals surface area contributed by atoms with Gasteiger partial charge in [-0.15, -0.1) is 11.3 Å². The van der Waals surface area contributed by atoms with Crippen LogP contribution in [0.2, 0.25) is 0 Å². The Kier molecular flexibility index (Phi) is 5.93. The SMILES string of the molecule is Cc1nc(C)c(-c2ccc(=O)n(CCNC(=O)C=Cc3ccccc3)n2)s1. The van der Waals surface area contributed by atoms with E-state index in [2.05, 4.69) is 15.4 Å². The van der Waals surface area contributed by atoms with Gasteiger partial charge in [0.25, 0.3) is 5.56 Å². The van der Waals surface area contributed by atoms with Crippen molar-refractivity contribution in [2.75, 3.05) is 6.54 Å². The molecule has 2 heterocycles. The van der Waals surface area contributed by atoms with Crippen molar-refractivity contribution in [2.45, 2.75) is 20.4 Å². The van der Waals surface area contributed by atoms with E-state index in [1.165, 1.54) is 16.8 Å². The van der Waals surface area contributed by atoms with E-state index in [0.717, 1.165) is 21.1 Å². The zero-order valence-corrected chi connectivity index (χ0v) is 16.0. The van der Waals surface area contributed by atoms with Gasteiger partial charge < -0.3 is 5.32 Å². The Morgan fingerprint density at radius 3 is 2.67 bits per heavy atom. The maximum Gasteiger partial charge on any atom is 0.266 e. The summed E-state index contributed by atoms with van der Waals surface area (Å²) in [5.41, 5.74) is 2.36. The molecule has 0 bridgehead atoms.